The molecule has 0 amide bonds. The largest absolute Gasteiger partial charge is 0.330 e. The third kappa shape index (κ3) is 1.50. The number of fused-ring (bicyclic) bond motifs is 3. The fraction of sp³-hybridized carbons (Fsp3) is 1.00. The van der Waals surface area contributed by atoms with Crippen LogP contribution in [-0.2, 0) is 0 Å². The van der Waals surface area contributed by atoms with E-state index in [2.05, 4.69) is 13.8 Å². The highest BCUT2D eigenvalue weighted by atomic mass is 14.6. The molecule has 0 aromatic heterocycles. The number of hydrogen-bond acceptors (Lipinski definition) is 1. The van der Waals surface area contributed by atoms with E-state index in [4.69, 9.17) is 5.73 Å². The van der Waals surface area contributed by atoms with Crippen LogP contribution in [-0.4, -0.2) is 6.54 Å². The van der Waals surface area contributed by atoms with Crippen LogP contribution in [0.15, 0.2) is 0 Å². The van der Waals surface area contributed by atoms with E-state index in [1.807, 2.05) is 0 Å². The molecule has 1 heteroatoms. The Labute approximate surface area is 88.4 Å². The molecule has 3 fully saturated rings. The molecule has 0 saturated heterocycles. The Morgan fingerprint density at radius 1 is 1.00 bits per heavy atom. The van der Waals surface area contributed by atoms with Crippen molar-refractivity contribution in [2.24, 2.45) is 22.5 Å². The minimum atomic E-state index is 0.672. The first-order valence-corrected chi connectivity index (χ1v) is 6.33. The zero-order valence-corrected chi connectivity index (χ0v) is 9.81. The summed E-state index contributed by atoms with van der Waals surface area (Å²) in [7, 11) is 0. The van der Waals surface area contributed by atoms with Crippen molar-refractivity contribution in [3.63, 3.8) is 0 Å². The summed E-state index contributed by atoms with van der Waals surface area (Å²) in [6.07, 6.45) is 10.1. The van der Waals surface area contributed by atoms with E-state index >= 15 is 0 Å². The molecule has 0 unspecified atom stereocenters. The van der Waals surface area contributed by atoms with E-state index in [1.165, 1.54) is 44.9 Å². The lowest BCUT2D eigenvalue weighted by Gasteiger charge is -2.55. The second-order valence-electron chi connectivity index (χ2n) is 6.06. The van der Waals surface area contributed by atoms with Gasteiger partial charge in [0.1, 0.15) is 0 Å². The number of nitrogens with two attached hydrogens (primary N) is 1. The van der Waals surface area contributed by atoms with Crippen LogP contribution in [0.25, 0.3) is 0 Å². The second-order valence-corrected chi connectivity index (χ2v) is 6.06. The van der Waals surface area contributed by atoms with Crippen molar-refractivity contribution in [3.05, 3.63) is 0 Å². The van der Waals surface area contributed by atoms with Crippen molar-refractivity contribution in [1.82, 2.24) is 0 Å². The van der Waals surface area contributed by atoms with Crippen LogP contribution in [0.5, 0.6) is 0 Å². The normalized spacial score (nSPS) is 42.0. The molecule has 0 heterocycles. The summed E-state index contributed by atoms with van der Waals surface area (Å²) in [5.41, 5.74) is 7.12. The summed E-state index contributed by atoms with van der Waals surface area (Å²) in [4.78, 5) is 0. The van der Waals surface area contributed by atoms with E-state index in [9.17, 15) is 0 Å². The average molecular weight is 195 g/mol. The molecular formula is C13H25N. The molecule has 82 valence electrons. The summed E-state index contributed by atoms with van der Waals surface area (Å²) < 4.78 is 0. The van der Waals surface area contributed by atoms with Gasteiger partial charge in [-0.2, -0.15) is 0 Å². The van der Waals surface area contributed by atoms with Crippen molar-refractivity contribution >= 4 is 0 Å². The Bertz CT molecular complexity index is 183. The summed E-state index contributed by atoms with van der Waals surface area (Å²) in [6.45, 7) is 5.73. The minimum Gasteiger partial charge on any atom is -0.330 e. The first kappa shape index (κ1) is 10.5. The molecule has 0 atom stereocenters. The van der Waals surface area contributed by atoms with Crippen molar-refractivity contribution in [1.29, 1.82) is 0 Å². The van der Waals surface area contributed by atoms with Crippen molar-refractivity contribution < 1.29 is 0 Å². The lowest BCUT2D eigenvalue weighted by Crippen LogP contribution is -2.44. The molecule has 2 bridgehead atoms. The number of hydrogen-bond donors (Lipinski definition) is 1. The third-order valence-corrected chi connectivity index (χ3v) is 5.36. The van der Waals surface area contributed by atoms with Gasteiger partial charge in [0, 0.05) is 0 Å². The molecule has 3 saturated carbocycles. The predicted octanol–water partition coefficient (Wildman–Crippen LogP) is 3.33. The monoisotopic (exact) mass is 195 g/mol. The van der Waals surface area contributed by atoms with Gasteiger partial charge in [-0.25, -0.2) is 0 Å². The van der Waals surface area contributed by atoms with E-state index < -0.39 is 0 Å². The van der Waals surface area contributed by atoms with Crippen LogP contribution in [0.1, 0.15) is 58.8 Å². The van der Waals surface area contributed by atoms with Gasteiger partial charge >= 0.3 is 0 Å². The minimum absolute atomic E-state index is 0.672. The van der Waals surface area contributed by atoms with Crippen LogP contribution < -0.4 is 5.73 Å². The van der Waals surface area contributed by atoms with Gasteiger partial charge in [-0.05, 0) is 68.2 Å². The quantitative estimate of drug-likeness (QED) is 0.734. The predicted molar refractivity (Wildman–Crippen MR) is 61.1 cm³/mol. The smallest absolute Gasteiger partial charge is 0.00720 e. The zero-order chi connectivity index (χ0) is 10.2. The maximum atomic E-state index is 5.73. The highest BCUT2D eigenvalue weighted by molar-refractivity contribution is 5.00. The highest BCUT2D eigenvalue weighted by Gasteiger charge is 2.48. The first-order valence-electron chi connectivity index (χ1n) is 6.33. The molecule has 3 aliphatic rings. The number of rotatable bonds is 3. The molecule has 1 nitrogen and oxygen atoms in total. The zero-order valence-electron chi connectivity index (χ0n) is 9.81. The summed E-state index contributed by atoms with van der Waals surface area (Å²) in [5.74, 6) is 0.888. The Balaban J connectivity index is 2.05. The van der Waals surface area contributed by atoms with E-state index in [0.717, 1.165) is 17.9 Å². The second kappa shape index (κ2) is 3.52. The van der Waals surface area contributed by atoms with Crippen LogP contribution in [0.4, 0.5) is 0 Å². The molecular weight excluding hydrogens is 170 g/mol. The van der Waals surface area contributed by atoms with Gasteiger partial charge < -0.3 is 5.73 Å². The SMILES string of the molecule is CC(C)C12CCC(CCN)(CC1)CC2. The molecule has 0 aromatic carbocycles. The topological polar surface area (TPSA) is 26.0 Å². The molecule has 0 radical (unpaired) electrons. The molecule has 0 aromatic rings. The lowest BCUT2D eigenvalue weighted by atomic mass is 9.50. The Hall–Kier alpha value is -0.0400. The average Bonchev–Trinajstić information content (AvgIpc) is 2.20. The molecule has 0 aliphatic heterocycles. The Morgan fingerprint density at radius 3 is 1.86 bits per heavy atom. The van der Waals surface area contributed by atoms with Gasteiger partial charge in [0.15, 0.2) is 0 Å². The van der Waals surface area contributed by atoms with Gasteiger partial charge in [0.05, 0.1) is 0 Å². The Kier molecular flexibility index (Phi) is 2.63. The molecule has 2 N–H and O–H groups in total. The van der Waals surface area contributed by atoms with Gasteiger partial charge in [0.25, 0.3) is 0 Å². The van der Waals surface area contributed by atoms with Gasteiger partial charge in [-0.15, -0.1) is 0 Å². The van der Waals surface area contributed by atoms with E-state index in [0.29, 0.717) is 5.41 Å². The van der Waals surface area contributed by atoms with E-state index in [1.54, 1.807) is 0 Å². The molecule has 3 rings (SSSR count). The molecule has 3 aliphatic carbocycles. The summed E-state index contributed by atoms with van der Waals surface area (Å²) >= 11 is 0. The maximum Gasteiger partial charge on any atom is -0.00720 e. The van der Waals surface area contributed by atoms with Crippen LogP contribution in [0.2, 0.25) is 0 Å². The van der Waals surface area contributed by atoms with Gasteiger partial charge in [-0.1, -0.05) is 13.8 Å². The van der Waals surface area contributed by atoms with Gasteiger partial charge in [0.2, 0.25) is 0 Å². The fourth-order valence-corrected chi connectivity index (χ4v) is 3.84. The maximum absolute atomic E-state index is 5.73. The Morgan fingerprint density at radius 2 is 1.50 bits per heavy atom. The molecule has 14 heavy (non-hydrogen) atoms. The fourth-order valence-electron chi connectivity index (χ4n) is 3.84. The van der Waals surface area contributed by atoms with E-state index in [-0.39, 0.29) is 0 Å². The molecule has 0 spiro atoms. The summed E-state index contributed by atoms with van der Waals surface area (Å²) in [5, 5.41) is 0. The first-order chi connectivity index (χ1) is 6.63. The van der Waals surface area contributed by atoms with Crippen LogP contribution in [0.3, 0.4) is 0 Å². The summed E-state index contributed by atoms with van der Waals surface area (Å²) in [6, 6.07) is 0. The van der Waals surface area contributed by atoms with Gasteiger partial charge in [-0.3, -0.25) is 0 Å². The lowest BCUT2D eigenvalue weighted by molar-refractivity contribution is -0.0411. The van der Waals surface area contributed by atoms with Crippen LogP contribution in [0, 0.1) is 16.7 Å². The van der Waals surface area contributed by atoms with Crippen molar-refractivity contribution in [2.45, 2.75) is 58.8 Å². The third-order valence-electron chi connectivity index (χ3n) is 5.36. The van der Waals surface area contributed by atoms with Crippen LogP contribution >= 0.6 is 0 Å². The van der Waals surface area contributed by atoms with Crippen molar-refractivity contribution in [2.75, 3.05) is 6.54 Å². The highest BCUT2D eigenvalue weighted by Crippen LogP contribution is 2.60. The van der Waals surface area contributed by atoms with Crippen molar-refractivity contribution in [3.8, 4) is 0 Å². The standard InChI is InChI=1S/C13H25N/c1-11(2)13-6-3-12(4-7-13,5-8-13)9-10-14/h11H,3-10,14H2,1-2H3.